The van der Waals surface area contributed by atoms with Crippen molar-refractivity contribution in [3.8, 4) is 0 Å². The van der Waals surface area contributed by atoms with Crippen LogP contribution in [0, 0.1) is 0 Å². The van der Waals surface area contributed by atoms with E-state index in [1.807, 2.05) is 11.8 Å². The maximum Gasteiger partial charge on any atom is 0.193 e. The molecular formula is C9H17N3S. The Labute approximate surface area is 84.0 Å². The molecule has 1 unspecified atom stereocenters. The Morgan fingerprint density at radius 2 is 2.54 bits per heavy atom. The molecule has 1 fully saturated rings. The smallest absolute Gasteiger partial charge is 0.193 e. The molecule has 13 heavy (non-hydrogen) atoms. The highest BCUT2D eigenvalue weighted by Gasteiger charge is 2.19. The summed E-state index contributed by atoms with van der Waals surface area (Å²) in [5.74, 6) is 3.65. The summed E-state index contributed by atoms with van der Waals surface area (Å²) in [7, 11) is 2.12. The van der Waals surface area contributed by atoms with Crippen molar-refractivity contribution in [2.75, 3.05) is 31.6 Å². The van der Waals surface area contributed by atoms with Gasteiger partial charge in [-0.1, -0.05) is 0 Å². The molecule has 1 saturated heterocycles. The van der Waals surface area contributed by atoms with E-state index in [0.29, 0.717) is 6.04 Å². The van der Waals surface area contributed by atoms with Gasteiger partial charge in [-0.05, 0) is 18.6 Å². The Bertz CT molecular complexity index is 199. The highest BCUT2D eigenvalue weighted by atomic mass is 32.2. The number of aliphatic imine (C=N–C) groups is 1. The molecule has 2 aliphatic heterocycles. The molecule has 0 radical (unpaired) electrons. The molecule has 0 aliphatic carbocycles. The molecule has 74 valence electrons. The van der Waals surface area contributed by atoms with Crippen LogP contribution < -0.4 is 5.32 Å². The maximum absolute atomic E-state index is 4.50. The fourth-order valence-electron chi connectivity index (χ4n) is 1.71. The summed E-state index contributed by atoms with van der Waals surface area (Å²) in [6.07, 6.45) is 2.48. The highest BCUT2D eigenvalue weighted by Crippen LogP contribution is 2.17. The molecule has 2 heterocycles. The minimum Gasteiger partial charge on any atom is -0.353 e. The molecule has 3 nitrogen and oxygen atoms in total. The number of hydrogen-bond acceptors (Lipinski definition) is 4. The van der Waals surface area contributed by atoms with E-state index in [9.17, 15) is 0 Å². The summed E-state index contributed by atoms with van der Waals surface area (Å²) < 4.78 is 0. The molecule has 0 amide bonds. The van der Waals surface area contributed by atoms with Crippen LogP contribution in [0.4, 0.5) is 0 Å². The van der Waals surface area contributed by atoms with Gasteiger partial charge in [0.15, 0.2) is 5.96 Å². The molecular weight excluding hydrogens is 182 g/mol. The van der Waals surface area contributed by atoms with Crippen LogP contribution in [-0.2, 0) is 0 Å². The van der Waals surface area contributed by atoms with Gasteiger partial charge in [-0.3, -0.25) is 4.99 Å². The van der Waals surface area contributed by atoms with Crippen LogP contribution in [0.1, 0.15) is 12.8 Å². The van der Waals surface area contributed by atoms with Gasteiger partial charge in [-0.25, -0.2) is 0 Å². The summed E-state index contributed by atoms with van der Waals surface area (Å²) in [6.45, 7) is 2.14. The summed E-state index contributed by atoms with van der Waals surface area (Å²) in [5.41, 5.74) is 0. The zero-order chi connectivity index (χ0) is 9.10. The van der Waals surface area contributed by atoms with E-state index in [0.717, 1.165) is 19.0 Å². The van der Waals surface area contributed by atoms with Gasteiger partial charge in [-0.15, -0.1) is 0 Å². The van der Waals surface area contributed by atoms with Gasteiger partial charge in [0.2, 0.25) is 0 Å². The van der Waals surface area contributed by atoms with Gasteiger partial charge in [0.1, 0.15) is 0 Å². The topological polar surface area (TPSA) is 27.6 Å². The number of nitrogens with zero attached hydrogens (tertiary/aromatic N) is 2. The van der Waals surface area contributed by atoms with Crippen molar-refractivity contribution in [2.45, 2.75) is 18.9 Å². The molecule has 1 atom stereocenters. The normalized spacial score (nSPS) is 28.8. The van der Waals surface area contributed by atoms with Crippen molar-refractivity contribution in [2.24, 2.45) is 4.99 Å². The fraction of sp³-hybridized carbons (Fsp3) is 0.889. The predicted molar refractivity (Wildman–Crippen MR) is 58.4 cm³/mol. The van der Waals surface area contributed by atoms with Crippen molar-refractivity contribution >= 4 is 17.7 Å². The minimum atomic E-state index is 0.657. The van der Waals surface area contributed by atoms with Gasteiger partial charge in [0.05, 0.1) is 0 Å². The van der Waals surface area contributed by atoms with Crippen LogP contribution in [0.2, 0.25) is 0 Å². The van der Waals surface area contributed by atoms with Crippen molar-refractivity contribution in [3.63, 3.8) is 0 Å². The second-order valence-corrected chi connectivity index (χ2v) is 4.84. The second kappa shape index (κ2) is 4.22. The number of rotatable bonds is 1. The van der Waals surface area contributed by atoms with Crippen LogP contribution in [0.15, 0.2) is 4.99 Å². The van der Waals surface area contributed by atoms with E-state index >= 15 is 0 Å². The van der Waals surface area contributed by atoms with E-state index < -0.39 is 0 Å². The van der Waals surface area contributed by atoms with Crippen LogP contribution in [-0.4, -0.2) is 48.5 Å². The SMILES string of the molecule is CN1CCCN=C1NC1CCSC1. The quantitative estimate of drug-likeness (QED) is 0.676. The molecule has 0 bridgehead atoms. The van der Waals surface area contributed by atoms with Crippen LogP contribution in [0.5, 0.6) is 0 Å². The number of nitrogens with one attached hydrogen (secondary N) is 1. The third kappa shape index (κ3) is 2.30. The van der Waals surface area contributed by atoms with Gasteiger partial charge >= 0.3 is 0 Å². The van der Waals surface area contributed by atoms with Crippen molar-refractivity contribution in [1.29, 1.82) is 0 Å². The van der Waals surface area contributed by atoms with Crippen LogP contribution in [0.3, 0.4) is 0 Å². The molecule has 0 aromatic carbocycles. The van der Waals surface area contributed by atoms with Crippen LogP contribution >= 0.6 is 11.8 Å². The largest absolute Gasteiger partial charge is 0.353 e. The standard InChI is InChI=1S/C9H17N3S/c1-12-5-2-4-10-9(12)11-8-3-6-13-7-8/h8H,2-7H2,1H3,(H,10,11). The Morgan fingerprint density at radius 3 is 3.23 bits per heavy atom. The van der Waals surface area contributed by atoms with E-state index in [2.05, 4.69) is 22.3 Å². The zero-order valence-corrected chi connectivity index (χ0v) is 8.94. The first-order valence-electron chi connectivity index (χ1n) is 4.96. The van der Waals surface area contributed by atoms with Gasteiger partial charge in [-0.2, -0.15) is 11.8 Å². The molecule has 4 heteroatoms. The molecule has 2 rings (SSSR count). The third-order valence-electron chi connectivity index (χ3n) is 2.54. The third-order valence-corrected chi connectivity index (χ3v) is 3.70. The minimum absolute atomic E-state index is 0.657. The molecule has 0 spiro atoms. The van der Waals surface area contributed by atoms with Crippen molar-refractivity contribution in [1.82, 2.24) is 10.2 Å². The average molecular weight is 199 g/mol. The molecule has 0 aromatic heterocycles. The lowest BCUT2D eigenvalue weighted by atomic mass is 10.2. The van der Waals surface area contributed by atoms with E-state index in [4.69, 9.17) is 0 Å². The monoisotopic (exact) mass is 199 g/mol. The van der Waals surface area contributed by atoms with E-state index in [1.54, 1.807) is 0 Å². The molecule has 0 aromatic rings. The average Bonchev–Trinajstić information content (AvgIpc) is 2.61. The van der Waals surface area contributed by atoms with Crippen molar-refractivity contribution in [3.05, 3.63) is 0 Å². The van der Waals surface area contributed by atoms with E-state index in [1.165, 1.54) is 24.3 Å². The van der Waals surface area contributed by atoms with E-state index in [-0.39, 0.29) is 0 Å². The van der Waals surface area contributed by atoms with Gasteiger partial charge < -0.3 is 10.2 Å². The molecule has 1 N–H and O–H groups in total. The van der Waals surface area contributed by atoms with Crippen molar-refractivity contribution < 1.29 is 0 Å². The number of hydrogen-bond donors (Lipinski definition) is 1. The highest BCUT2D eigenvalue weighted by molar-refractivity contribution is 7.99. The first-order chi connectivity index (χ1) is 6.36. The fourth-order valence-corrected chi connectivity index (χ4v) is 2.86. The summed E-state index contributed by atoms with van der Waals surface area (Å²) in [4.78, 5) is 6.72. The Hall–Kier alpha value is -0.380. The van der Waals surface area contributed by atoms with Crippen LogP contribution in [0.25, 0.3) is 0 Å². The zero-order valence-electron chi connectivity index (χ0n) is 8.12. The lowest BCUT2D eigenvalue weighted by Gasteiger charge is -2.27. The molecule has 0 saturated carbocycles. The predicted octanol–water partition coefficient (Wildman–Crippen LogP) is 0.773. The lowest BCUT2D eigenvalue weighted by Crippen LogP contribution is -2.46. The molecule has 2 aliphatic rings. The number of guanidine groups is 1. The van der Waals surface area contributed by atoms with Gasteiger partial charge in [0, 0.05) is 31.9 Å². The Morgan fingerprint density at radius 1 is 1.62 bits per heavy atom. The summed E-state index contributed by atoms with van der Waals surface area (Å²) in [6, 6.07) is 0.657. The van der Waals surface area contributed by atoms with Gasteiger partial charge in [0.25, 0.3) is 0 Å². The Kier molecular flexibility index (Phi) is 2.98. The lowest BCUT2D eigenvalue weighted by molar-refractivity contribution is 0.437. The summed E-state index contributed by atoms with van der Waals surface area (Å²) >= 11 is 2.04. The Balaban J connectivity index is 1.88. The summed E-state index contributed by atoms with van der Waals surface area (Å²) in [5, 5.41) is 3.52. The first-order valence-corrected chi connectivity index (χ1v) is 6.11. The number of thioether (sulfide) groups is 1. The second-order valence-electron chi connectivity index (χ2n) is 3.69. The maximum atomic E-state index is 4.50. The first kappa shape index (κ1) is 9.19.